The number of aliphatic carboxylic acids is 1. The van der Waals surface area contributed by atoms with Crippen LogP contribution in [0, 0.1) is 5.92 Å². The molecule has 0 aromatic rings. The van der Waals surface area contributed by atoms with E-state index in [2.05, 4.69) is 10.6 Å². The minimum Gasteiger partial charge on any atom is -0.481 e. The zero-order chi connectivity index (χ0) is 12.9. The lowest BCUT2D eigenvalue weighted by Crippen LogP contribution is -2.57. The van der Waals surface area contributed by atoms with Gasteiger partial charge in [-0.25, -0.2) is 0 Å². The van der Waals surface area contributed by atoms with Crippen molar-refractivity contribution >= 4 is 11.9 Å². The first-order valence-corrected chi connectivity index (χ1v) is 6.25. The lowest BCUT2D eigenvalue weighted by atomic mass is 9.90. The van der Waals surface area contributed by atoms with Gasteiger partial charge in [-0.15, -0.1) is 0 Å². The lowest BCUT2D eigenvalue weighted by molar-refractivity contribution is -0.142. The maximum atomic E-state index is 12.0. The van der Waals surface area contributed by atoms with Gasteiger partial charge in [0.1, 0.15) is 0 Å². The van der Waals surface area contributed by atoms with Crippen molar-refractivity contribution in [3.63, 3.8) is 0 Å². The van der Waals surface area contributed by atoms with Crippen LogP contribution in [0.25, 0.3) is 0 Å². The molecule has 1 aliphatic heterocycles. The minimum atomic E-state index is -0.852. The van der Waals surface area contributed by atoms with Crippen molar-refractivity contribution in [2.24, 2.45) is 5.92 Å². The zero-order valence-electron chi connectivity index (χ0n) is 10.6. The Bertz CT molecular complexity index is 285. The maximum Gasteiger partial charge on any atom is 0.308 e. The SMILES string of the molecule is CCC(CNC(=O)C1(C)CCCCN1)C(=O)O. The van der Waals surface area contributed by atoms with Crippen LogP contribution in [0.1, 0.15) is 39.5 Å². The first-order chi connectivity index (χ1) is 7.99. The Morgan fingerprint density at radius 2 is 2.18 bits per heavy atom. The summed E-state index contributed by atoms with van der Waals surface area (Å²) < 4.78 is 0. The number of carboxylic acids is 1. The van der Waals surface area contributed by atoms with E-state index < -0.39 is 17.4 Å². The molecule has 1 fully saturated rings. The normalized spacial score (nSPS) is 26.2. The van der Waals surface area contributed by atoms with Gasteiger partial charge >= 0.3 is 5.97 Å². The second-order valence-corrected chi connectivity index (χ2v) is 4.87. The number of carbonyl (C=O) groups excluding carboxylic acids is 1. The van der Waals surface area contributed by atoms with Crippen LogP contribution in [0.5, 0.6) is 0 Å². The van der Waals surface area contributed by atoms with E-state index in [9.17, 15) is 9.59 Å². The highest BCUT2D eigenvalue weighted by molar-refractivity contribution is 5.86. The third-order valence-electron chi connectivity index (χ3n) is 3.47. The van der Waals surface area contributed by atoms with Crippen LogP contribution in [0.3, 0.4) is 0 Å². The third-order valence-corrected chi connectivity index (χ3v) is 3.47. The number of nitrogens with one attached hydrogen (secondary N) is 2. The molecule has 5 nitrogen and oxygen atoms in total. The Labute approximate surface area is 102 Å². The summed E-state index contributed by atoms with van der Waals surface area (Å²) >= 11 is 0. The topological polar surface area (TPSA) is 78.4 Å². The van der Waals surface area contributed by atoms with Crippen molar-refractivity contribution in [3.05, 3.63) is 0 Å². The van der Waals surface area contributed by atoms with Gasteiger partial charge in [0, 0.05) is 6.54 Å². The lowest BCUT2D eigenvalue weighted by Gasteiger charge is -2.33. The summed E-state index contributed by atoms with van der Waals surface area (Å²) in [5, 5.41) is 14.8. The monoisotopic (exact) mass is 242 g/mol. The van der Waals surface area contributed by atoms with Gasteiger partial charge in [-0.05, 0) is 39.2 Å². The molecular weight excluding hydrogens is 220 g/mol. The van der Waals surface area contributed by atoms with Crippen LogP contribution in [-0.4, -0.2) is 35.6 Å². The Morgan fingerprint density at radius 1 is 1.47 bits per heavy atom. The van der Waals surface area contributed by atoms with E-state index in [1.165, 1.54) is 0 Å². The van der Waals surface area contributed by atoms with Gasteiger partial charge in [-0.1, -0.05) is 6.92 Å². The average molecular weight is 242 g/mol. The molecular formula is C12H22N2O3. The van der Waals surface area contributed by atoms with Crippen LogP contribution in [0.15, 0.2) is 0 Å². The molecule has 0 aromatic carbocycles. The Morgan fingerprint density at radius 3 is 2.65 bits per heavy atom. The average Bonchev–Trinajstić information content (AvgIpc) is 2.30. The van der Waals surface area contributed by atoms with E-state index in [1.807, 2.05) is 13.8 Å². The van der Waals surface area contributed by atoms with E-state index in [0.717, 1.165) is 25.8 Å². The molecule has 0 saturated carbocycles. The molecule has 2 unspecified atom stereocenters. The summed E-state index contributed by atoms with van der Waals surface area (Å²) in [4.78, 5) is 22.8. The molecule has 0 aromatic heterocycles. The first kappa shape index (κ1) is 14.0. The summed E-state index contributed by atoms with van der Waals surface area (Å²) in [6.07, 6.45) is 3.46. The van der Waals surface area contributed by atoms with Gasteiger partial charge in [0.2, 0.25) is 5.91 Å². The molecule has 0 radical (unpaired) electrons. The highest BCUT2D eigenvalue weighted by Crippen LogP contribution is 2.18. The molecule has 1 rings (SSSR count). The Kier molecular flexibility index (Phi) is 4.93. The molecule has 0 aliphatic carbocycles. The van der Waals surface area contributed by atoms with Crippen LogP contribution in [0.2, 0.25) is 0 Å². The van der Waals surface area contributed by atoms with Gasteiger partial charge in [0.05, 0.1) is 11.5 Å². The number of carbonyl (C=O) groups is 2. The van der Waals surface area contributed by atoms with Gasteiger partial charge in [-0.3, -0.25) is 9.59 Å². The molecule has 5 heteroatoms. The third kappa shape index (κ3) is 3.70. The van der Waals surface area contributed by atoms with Gasteiger partial charge in [0.15, 0.2) is 0 Å². The summed E-state index contributed by atoms with van der Waals surface area (Å²) in [5.74, 6) is -1.43. The number of carboxylic acid groups (broad SMARTS) is 1. The molecule has 98 valence electrons. The highest BCUT2D eigenvalue weighted by Gasteiger charge is 2.34. The number of amides is 1. The Hall–Kier alpha value is -1.10. The molecule has 1 amide bonds. The standard InChI is InChI=1S/C12H22N2O3/c1-3-9(10(15)16)8-13-11(17)12(2)6-4-5-7-14-12/h9,14H,3-8H2,1-2H3,(H,13,17)(H,15,16). The van der Waals surface area contributed by atoms with Crippen molar-refractivity contribution in [2.75, 3.05) is 13.1 Å². The first-order valence-electron chi connectivity index (χ1n) is 6.25. The van der Waals surface area contributed by atoms with E-state index >= 15 is 0 Å². The molecule has 1 saturated heterocycles. The van der Waals surface area contributed by atoms with Crippen LogP contribution in [-0.2, 0) is 9.59 Å². The largest absolute Gasteiger partial charge is 0.481 e. The molecule has 0 spiro atoms. The van der Waals surface area contributed by atoms with E-state index in [0.29, 0.717) is 6.42 Å². The van der Waals surface area contributed by atoms with E-state index in [1.54, 1.807) is 0 Å². The fourth-order valence-electron chi connectivity index (χ4n) is 2.07. The van der Waals surface area contributed by atoms with Crippen LogP contribution < -0.4 is 10.6 Å². The zero-order valence-corrected chi connectivity index (χ0v) is 10.6. The van der Waals surface area contributed by atoms with Gasteiger partial charge in [0.25, 0.3) is 0 Å². The van der Waals surface area contributed by atoms with Crippen LogP contribution >= 0.6 is 0 Å². The van der Waals surface area contributed by atoms with Crippen LogP contribution in [0.4, 0.5) is 0 Å². The predicted molar refractivity (Wildman–Crippen MR) is 64.7 cm³/mol. The number of rotatable bonds is 5. The molecule has 0 bridgehead atoms. The molecule has 1 heterocycles. The van der Waals surface area contributed by atoms with Gasteiger partial charge < -0.3 is 15.7 Å². The molecule has 1 aliphatic rings. The van der Waals surface area contributed by atoms with Gasteiger partial charge in [-0.2, -0.15) is 0 Å². The predicted octanol–water partition coefficient (Wildman–Crippen LogP) is 0.746. The molecule has 3 N–H and O–H groups in total. The number of hydrogen-bond acceptors (Lipinski definition) is 3. The number of hydrogen-bond donors (Lipinski definition) is 3. The smallest absolute Gasteiger partial charge is 0.308 e. The van der Waals surface area contributed by atoms with E-state index in [4.69, 9.17) is 5.11 Å². The highest BCUT2D eigenvalue weighted by atomic mass is 16.4. The summed E-state index contributed by atoms with van der Waals surface area (Å²) in [7, 11) is 0. The van der Waals surface area contributed by atoms with Crippen molar-refractivity contribution in [1.29, 1.82) is 0 Å². The van der Waals surface area contributed by atoms with Crippen molar-refractivity contribution in [2.45, 2.75) is 45.1 Å². The quantitative estimate of drug-likeness (QED) is 0.664. The number of piperidine rings is 1. The molecule has 17 heavy (non-hydrogen) atoms. The molecule has 2 atom stereocenters. The van der Waals surface area contributed by atoms with E-state index in [-0.39, 0.29) is 12.5 Å². The maximum absolute atomic E-state index is 12.0. The van der Waals surface area contributed by atoms with Crippen molar-refractivity contribution in [3.8, 4) is 0 Å². The fraction of sp³-hybridized carbons (Fsp3) is 0.833. The summed E-state index contributed by atoms with van der Waals surface area (Å²) in [5.41, 5.74) is -0.533. The van der Waals surface area contributed by atoms with Crippen molar-refractivity contribution < 1.29 is 14.7 Å². The summed E-state index contributed by atoms with van der Waals surface area (Å²) in [6, 6.07) is 0. The Balaban J connectivity index is 2.45. The minimum absolute atomic E-state index is 0.0862. The summed E-state index contributed by atoms with van der Waals surface area (Å²) in [6.45, 7) is 4.75. The van der Waals surface area contributed by atoms with Crippen molar-refractivity contribution in [1.82, 2.24) is 10.6 Å². The second kappa shape index (κ2) is 6.00. The fourth-order valence-corrected chi connectivity index (χ4v) is 2.07. The second-order valence-electron chi connectivity index (χ2n) is 4.87.